The van der Waals surface area contributed by atoms with Crippen LogP contribution in [-0.2, 0) is 12.3 Å². The van der Waals surface area contributed by atoms with Gasteiger partial charge in [0.2, 0.25) is 0 Å². The maximum atomic E-state index is 14.6. The molecule has 1 amide bonds. The molecule has 0 saturated carbocycles. The Labute approximate surface area is 177 Å². The van der Waals surface area contributed by atoms with E-state index in [0.29, 0.717) is 6.07 Å². The van der Waals surface area contributed by atoms with E-state index in [1.807, 2.05) is 0 Å². The number of furan rings is 1. The lowest BCUT2D eigenvalue weighted by Gasteiger charge is -2.21. The average Bonchev–Trinajstić information content (AvgIpc) is 3.06. The molecule has 12 heteroatoms. The highest BCUT2D eigenvalue weighted by atomic mass is 19.4. The smallest absolute Gasteiger partial charge is 0.433 e. The summed E-state index contributed by atoms with van der Waals surface area (Å²) >= 11 is 0. The molecule has 0 aliphatic carbocycles. The number of rotatable bonds is 7. The van der Waals surface area contributed by atoms with Crippen LogP contribution in [0.2, 0.25) is 0 Å². The number of alkyl halides is 5. The Hall–Kier alpha value is -3.25. The summed E-state index contributed by atoms with van der Waals surface area (Å²) in [4.78, 5) is 15.4. The van der Waals surface area contributed by atoms with E-state index < -0.39 is 47.9 Å². The molecular weight excluding hydrogens is 443 g/mol. The molecule has 0 fully saturated rings. The van der Waals surface area contributed by atoms with E-state index in [9.17, 15) is 31.9 Å². The van der Waals surface area contributed by atoms with Gasteiger partial charge in [-0.1, -0.05) is 0 Å². The van der Waals surface area contributed by atoms with Gasteiger partial charge in [-0.25, -0.2) is 0 Å². The van der Waals surface area contributed by atoms with Crippen LogP contribution < -0.4 is 10.1 Å². The Balaban J connectivity index is 1.95. The maximum Gasteiger partial charge on any atom is 0.433 e. The van der Waals surface area contributed by atoms with E-state index in [0.717, 1.165) is 24.4 Å². The zero-order chi connectivity index (χ0) is 23.7. The molecule has 2 heterocycles. The quantitative estimate of drug-likeness (QED) is 0.467. The number of fused-ring (bicyclic) bond motifs is 1. The van der Waals surface area contributed by atoms with E-state index in [-0.39, 0.29) is 28.8 Å². The molecule has 1 aromatic carbocycles. The van der Waals surface area contributed by atoms with Crippen LogP contribution in [0.1, 0.15) is 27.4 Å². The molecule has 3 aromatic rings. The molecule has 0 spiro atoms. The van der Waals surface area contributed by atoms with Crippen molar-refractivity contribution in [2.45, 2.75) is 25.3 Å². The Morgan fingerprint density at radius 1 is 1.25 bits per heavy atom. The largest absolute Gasteiger partial charge is 0.461 e. The summed E-state index contributed by atoms with van der Waals surface area (Å²) in [7, 11) is 0. The molecule has 0 saturated heterocycles. The fourth-order valence-electron chi connectivity index (χ4n) is 2.98. The van der Waals surface area contributed by atoms with Crippen molar-refractivity contribution in [2.75, 3.05) is 13.2 Å². The molecule has 172 valence electrons. The van der Waals surface area contributed by atoms with Gasteiger partial charge >= 0.3 is 12.3 Å². The lowest BCUT2D eigenvalue weighted by Crippen LogP contribution is -2.34. The first kappa shape index (κ1) is 23.4. The Morgan fingerprint density at radius 2 is 1.97 bits per heavy atom. The van der Waals surface area contributed by atoms with E-state index in [2.05, 4.69) is 15.0 Å². The summed E-state index contributed by atoms with van der Waals surface area (Å²) in [6.07, 6.45) is -9.99. The molecule has 32 heavy (non-hydrogen) atoms. The predicted octanol–water partition coefficient (Wildman–Crippen LogP) is 3.37. The Bertz CT molecular complexity index is 1130. The van der Waals surface area contributed by atoms with Gasteiger partial charge in [0.1, 0.15) is 17.1 Å². The molecule has 2 aromatic heterocycles. The topological polar surface area (TPSA) is 105 Å². The summed E-state index contributed by atoms with van der Waals surface area (Å²) in [6, 6.07) is 4.79. The van der Waals surface area contributed by atoms with Gasteiger partial charge in [-0.3, -0.25) is 9.78 Å². The van der Waals surface area contributed by atoms with Gasteiger partial charge in [0.15, 0.2) is 5.69 Å². The zero-order valence-electron chi connectivity index (χ0n) is 16.4. The van der Waals surface area contributed by atoms with Gasteiger partial charge in [0, 0.05) is 18.1 Å². The number of hydrogen-bond donors (Lipinski definition) is 3. The van der Waals surface area contributed by atoms with Crippen molar-refractivity contribution < 1.29 is 46.1 Å². The third kappa shape index (κ3) is 4.81. The van der Waals surface area contributed by atoms with Gasteiger partial charge < -0.3 is 24.7 Å². The molecule has 3 N–H and O–H groups in total. The van der Waals surface area contributed by atoms with Crippen LogP contribution in [0.15, 0.2) is 40.9 Å². The highest BCUT2D eigenvalue weighted by molar-refractivity contribution is 6.07. The van der Waals surface area contributed by atoms with Crippen LogP contribution in [-0.4, -0.2) is 40.4 Å². The summed E-state index contributed by atoms with van der Waals surface area (Å²) in [5.74, 6) is -1.11. The fourth-order valence-corrected chi connectivity index (χ4v) is 2.98. The maximum absolute atomic E-state index is 14.6. The van der Waals surface area contributed by atoms with Gasteiger partial charge in [0.25, 0.3) is 5.91 Å². The number of carbonyl (C=O) groups is 1. The van der Waals surface area contributed by atoms with Crippen molar-refractivity contribution in [3.05, 3.63) is 59.1 Å². The van der Waals surface area contributed by atoms with E-state index in [4.69, 9.17) is 9.52 Å². The third-order valence-corrected chi connectivity index (χ3v) is 4.41. The number of hydrogen-bond acceptors (Lipinski definition) is 6. The highest BCUT2D eigenvalue weighted by Crippen LogP contribution is 2.40. The second-order valence-corrected chi connectivity index (χ2v) is 6.75. The number of carbonyl (C=O) groups excluding carboxylic acids is 1. The second kappa shape index (κ2) is 8.71. The van der Waals surface area contributed by atoms with Crippen LogP contribution in [0, 0.1) is 6.92 Å². The van der Waals surface area contributed by atoms with Crippen LogP contribution >= 0.6 is 0 Å². The normalized spacial score (nSPS) is 13.2. The highest BCUT2D eigenvalue weighted by Gasteiger charge is 2.46. The van der Waals surface area contributed by atoms with Crippen LogP contribution in [0.5, 0.6) is 5.75 Å². The van der Waals surface area contributed by atoms with Crippen molar-refractivity contribution in [1.82, 2.24) is 10.3 Å². The molecule has 0 radical (unpaired) electrons. The molecule has 0 aliphatic heterocycles. The van der Waals surface area contributed by atoms with Crippen molar-refractivity contribution in [2.24, 2.45) is 0 Å². The Morgan fingerprint density at radius 3 is 2.62 bits per heavy atom. The number of ether oxygens (including phenoxy) is 1. The minimum absolute atomic E-state index is 0.0451. The minimum atomic E-state index is -5.13. The summed E-state index contributed by atoms with van der Waals surface area (Å²) in [5.41, 5.74) is -3.15. The summed E-state index contributed by atoms with van der Waals surface area (Å²) in [5, 5.41) is 20.6. The summed E-state index contributed by atoms with van der Waals surface area (Å²) in [6.45, 7) is 0.571. The average molecular weight is 460 g/mol. The van der Waals surface area contributed by atoms with Crippen molar-refractivity contribution in [3.8, 4) is 5.75 Å². The number of amides is 1. The SMILES string of the molecule is Cc1oc2ccc(OC(F)(F)c3cccnc3C(F)(F)F)cc2c1C(=O)NCC(O)CO. The number of nitrogens with one attached hydrogen (secondary N) is 1. The van der Waals surface area contributed by atoms with E-state index in [1.54, 1.807) is 0 Å². The molecular formula is C20H17F5N2O5. The van der Waals surface area contributed by atoms with Crippen molar-refractivity contribution >= 4 is 16.9 Å². The number of halogens is 5. The van der Waals surface area contributed by atoms with E-state index in [1.165, 1.54) is 13.0 Å². The lowest BCUT2D eigenvalue weighted by molar-refractivity contribution is -0.196. The van der Waals surface area contributed by atoms with Crippen LogP contribution in [0.4, 0.5) is 22.0 Å². The molecule has 0 aliphatic rings. The lowest BCUT2D eigenvalue weighted by atomic mass is 10.1. The van der Waals surface area contributed by atoms with Crippen LogP contribution in [0.3, 0.4) is 0 Å². The molecule has 3 rings (SSSR count). The number of benzene rings is 1. The number of aliphatic hydroxyl groups is 2. The molecule has 0 bridgehead atoms. The first-order valence-electron chi connectivity index (χ1n) is 9.14. The number of aryl methyl sites for hydroxylation is 1. The summed E-state index contributed by atoms with van der Waals surface area (Å²) < 4.78 is 78.5. The number of nitrogens with zero attached hydrogens (tertiary/aromatic N) is 1. The predicted molar refractivity (Wildman–Crippen MR) is 100 cm³/mol. The third-order valence-electron chi connectivity index (χ3n) is 4.41. The fraction of sp³-hybridized carbons (Fsp3) is 0.300. The number of aromatic nitrogens is 1. The van der Waals surface area contributed by atoms with Gasteiger partial charge in [0.05, 0.1) is 23.8 Å². The molecule has 7 nitrogen and oxygen atoms in total. The first-order chi connectivity index (χ1) is 14.9. The molecule has 1 atom stereocenters. The zero-order valence-corrected chi connectivity index (χ0v) is 16.4. The van der Waals surface area contributed by atoms with Crippen LogP contribution in [0.25, 0.3) is 11.0 Å². The van der Waals surface area contributed by atoms with Gasteiger partial charge in [-0.05, 0) is 37.3 Å². The molecule has 1 unspecified atom stereocenters. The van der Waals surface area contributed by atoms with Gasteiger partial charge in [-0.2, -0.15) is 22.0 Å². The standard InChI is InChI=1S/C20H17F5N2O5/c1-10-16(18(30)27-8-11(29)9-28)13-7-12(4-5-15(13)31-10)32-20(24,25)14-3-2-6-26-17(14)19(21,22)23/h2-7,11,28-29H,8-9H2,1H3,(H,27,30). The first-order valence-corrected chi connectivity index (χ1v) is 9.14. The monoisotopic (exact) mass is 460 g/mol. The van der Waals surface area contributed by atoms with Crippen molar-refractivity contribution in [3.63, 3.8) is 0 Å². The second-order valence-electron chi connectivity index (χ2n) is 6.75. The van der Waals surface area contributed by atoms with E-state index >= 15 is 0 Å². The van der Waals surface area contributed by atoms with Crippen molar-refractivity contribution in [1.29, 1.82) is 0 Å². The minimum Gasteiger partial charge on any atom is -0.461 e. The Kier molecular flexibility index (Phi) is 6.37. The number of pyridine rings is 1. The van der Waals surface area contributed by atoms with Gasteiger partial charge in [-0.15, -0.1) is 0 Å². The number of aliphatic hydroxyl groups excluding tert-OH is 2.